The first kappa shape index (κ1) is 7.21. The van der Waals surface area contributed by atoms with Gasteiger partial charge < -0.3 is 0 Å². The number of allylic oxidation sites excluding steroid dienone is 2. The zero-order chi connectivity index (χ0) is 7.28. The normalized spacial score (nSPS) is 6.00. The molecule has 0 saturated heterocycles. The lowest BCUT2D eigenvalue weighted by molar-refractivity contribution is 1.38. The molecule has 0 fully saturated rings. The van der Waals surface area contributed by atoms with E-state index >= 15 is 0 Å². The summed E-state index contributed by atoms with van der Waals surface area (Å²) < 4.78 is 0. The van der Waals surface area contributed by atoms with Gasteiger partial charge in [0.15, 0.2) is 0 Å². The molecular formula is C6H3N3. The van der Waals surface area contributed by atoms with Gasteiger partial charge in [-0.1, -0.05) is 0 Å². The summed E-state index contributed by atoms with van der Waals surface area (Å²) >= 11 is 0. The molecule has 0 atom stereocenters. The summed E-state index contributed by atoms with van der Waals surface area (Å²) in [6.07, 6.45) is 0. The first-order chi connectivity index (χ1) is 4.26. The van der Waals surface area contributed by atoms with E-state index in [0.717, 1.165) is 0 Å². The van der Waals surface area contributed by atoms with E-state index in [1.807, 2.05) is 0 Å². The van der Waals surface area contributed by atoms with Crippen LogP contribution in [0.1, 0.15) is 6.92 Å². The van der Waals surface area contributed by atoms with E-state index < -0.39 is 0 Å². The van der Waals surface area contributed by atoms with E-state index in [0.29, 0.717) is 0 Å². The first-order valence-electron chi connectivity index (χ1n) is 2.17. The van der Waals surface area contributed by atoms with Crippen LogP contribution in [0.3, 0.4) is 0 Å². The molecule has 0 aliphatic heterocycles. The standard InChI is InChI=1S/C6H3N3/c1-5(2-7)6(3-8)4-9/h1H3. The molecule has 0 aromatic heterocycles. The van der Waals surface area contributed by atoms with Crippen molar-refractivity contribution in [2.24, 2.45) is 0 Å². The van der Waals surface area contributed by atoms with Gasteiger partial charge in [-0.05, 0) is 6.92 Å². The smallest absolute Gasteiger partial charge is 0.143 e. The Hall–Kier alpha value is -1.79. The van der Waals surface area contributed by atoms with Gasteiger partial charge in [-0.3, -0.25) is 0 Å². The van der Waals surface area contributed by atoms with Crippen molar-refractivity contribution in [3.63, 3.8) is 0 Å². The van der Waals surface area contributed by atoms with E-state index in [-0.39, 0.29) is 11.1 Å². The summed E-state index contributed by atoms with van der Waals surface area (Å²) in [6.45, 7) is 1.43. The summed E-state index contributed by atoms with van der Waals surface area (Å²) in [7, 11) is 0. The summed E-state index contributed by atoms with van der Waals surface area (Å²) in [5.41, 5.74) is 0.0532. The van der Waals surface area contributed by atoms with Gasteiger partial charge in [0.2, 0.25) is 0 Å². The van der Waals surface area contributed by atoms with Crippen LogP contribution in [0.15, 0.2) is 11.1 Å². The Morgan fingerprint density at radius 2 is 1.44 bits per heavy atom. The average Bonchev–Trinajstić information content (AvgIpc) is 1.90. The van der Waals surface area contributed by atoms with Crippen molar-refractivity contribution in [1.29, 1.82) is 15.8 Å². The maximum Gasteiger partial charge on any atom is 0.143 e. The van der Waals surface area contributed by atoms with Crippen molar-refractivity contribution in [1.82, 2.24) is 0 Å². The molecule has 0 aliphatic carbocycles. The fraction of sp³-hybridized carbons (Fsp3) is 0.167. The average molecular weight is 117 g/mol. The highest BCUT2D eigenvalue weighted by molar-refractivity contribution is 5.44. The van der Waals surface area contributed by atoms with Crippen molar-refractivity contribution >= 4 is 0 Å². The molecule has 0 aromatic carbocycles. The Bertz CT molecular complexity index is 237. The van der Waals surface area contributed by atoms with Gasteiger partial charge in [-0.25, -0.2) is 0 Å². The lowest BCUT2D eigenvalue weighted by Crippen LogP contribution is -1.76. The summed E-state index contributed by atoms with van der Waals surface area (Å²) in [5, 5.41) is 24.4. The van der Waals surface area contributed by atoms with Crippen LogP contribution in [0.5, 0.6) is 0 Å². The molecular weight excluding hydrogens is 114 g/mol. The number of hydrogen-bond donors (Lipinski definition) is 0. The van der Waals surface area contributed by atoms with Gasteiger partial charge in [-0.2, -0.15) is 15.8 Å². The van der Waals surface area contributed by atoms with Crippen LogP contribution in [0.4, 0.5) is 0 Å². The van der Waals surface area contributed by atoms with Gasteiger partial charge >= 0.3 is 0 Å². The molecule has 0 saturated carbocycles. The second-order valence-electron chi connectivity index (χ2n) is 1.34. The molecule has 42 valence electrons. The Balaban J connectivity index is 4.78. The van der Waals surface area contributed by atoms with Gasteiger partial charge in [0.25, 0.3) is 0 Å². The zero-order valence-corrected chi connectivity index (χ0v) is 4.84. The van der Waals surface area contributed by atoms with E-state index in [9.17, 15) is 0 Å². The van der Waals surface area contributed by atoms with Gasteiger partial charge in [0.05, 0.1) is 11.6 Å². The van der Waals surface area contributed by atoms with E-state index in [1.165, 1.54) is 6.92 Å². The van der Waals surface area contributed by atoms with E-state index in [1.54, 1.807) is 18.2 Å². The predicted molar refractivity (Wildman–Crippen MR) is 29.5 cm³/mol. The van der Waals surface area contributed by atoms with Crippen molar-refractivity contribution in [3.8, 4) is 18.2 Å². The molecule has 0 heterocycles. The molecule has 3 nitrogen and oxygen atoms in total. The third kappa shape index (κ3) is 1.63. The lowest BCUT2D eigenvalue weighted by atomic mass is 10.2. The number of nitrogens with zero attached hydrogens (tertiary/aromatic N) is 3. The van der Waals surface area contributed by atoms with Crippen LogP contribution in [0.2, 0.25) is 0 Å². The van der Waals surface area contributed by atoms with Gasteiger partial charge in [0, 0.05) is 0 Å². The molecule has 0 aliphatic rings. The Kier molecular flexibility index (Phi) is 2.60. The SMILES string of the molecule is CC(C#N)=C(C#N)C#N. The summed E-state index contributed by atoms with van der Waals surface area (Å²) in [4.78, 5) is 0. The first-order valence-corrected chi connectivity index (χ1v) is 2.17. The largest absolute Gasteiger partial charge is 0.193 e. The van der Waals surface area contributed by atoms with Crippen molar-refractivity contribution in [3.05, 3.63) is 11.1 Å². The number of nitriles is 3. The third-order valence-electron chi connectivity index (χ3n) is 0.766. The van der Waals surface area contributed by atoms with Crippen LogP contribution >= 0.6 is 0 Å². The maximum atomic E-state index is 8.16. The van der Waals surface area contributed by atoms with Crippen molar-refractivity contribution in [2.45, 2.75) is 6.92 Å². The minimum absolute atomic E-state index is 0.113. The monoisotopic (exact) mass is 117 g/mol. The molecule has 0 radical (unpaired) electrons. The topological polar surface area (TPSA) is 71.4 Å². The zero-order valence-electron chi connectivity index (χ0n) is 4.84. The van der Waals surface area contributed by atoms with Crippen LogP contribution in [-0.2, 0) is 0 Å². The predicted octanol–water partition coefficient (Wildman–Crippen LogP) is 0.874. The van der Waals surface area contributed by atoms with E-state index in [4.69, 9.17) is 15.8 Å². The summed E-state index contributed by atoms with van der Waals surface area (Å²) in [5.74, 6) is 0. The molecule has 0 amide bonds. The molecule has 9 heavy (non-hydrogen) atoms. The van der Waals surface area contributed by atoms with Gasteiger partial charge in [-0.15, -0.1) is 0 Å². The van der Waals surface area contributed by atoms with E-state index in [2.05, 4.69) is 0 Å². The second-order valence-corrected chi connectivity index (χ2v) is 1.34. The van der Waals surface area contributed by atoms with Crippen LogP contribution in [-0.4, -0.2) is 0 Å². The number of hydrogen-bond acceptors (Lipinski definition) is 3. The Morgan fingerprint density at radius 1 is 1.00 bits per heavy atom. The van der Waals surface area contributed by atoms with Crippen molar-refractivity contribution < 1.29 is 0 Å². The second kappa shape index (κ2) is 3.24. The highest BCUT2D eigenvalue weighted by Crippen LogP contribution is 1.97. The molecule has 0 unspecified atom stereocenters. The van der Waals surface area contributed by atoms with Crippen molar-refractivity contribution in [2.75, 3.05) is 0 Å². The highest BCUT2D eigenvalue weighted by Gasteiger charge is 1.96. The molecule has 0 N–H and O–H groups in total. The number of rotatable bonds is 0. The fourth-order valence-electron chi connectivity index (χ4n) is 0.249. The molecule has 0 spiro atoms. The Labute approximate surface area is 53.1 Å². The summed E-state index contributed by atoms with van der Waals surface area (Å²) in [6, 6.07) is 4.90. The highest BCUT2D eigenvalue weighted by atomic mass is 14.3. The van der Waals surface area contributed by atoms with Crippen LogP contribution in [0.25, 0.3) is 0 Å². The minimum atomic E-state index is -0.113. The molecule has 0 bridgehead atoms. The third-order valence-corrected chi connectivity index (χ3v) is 0.766. The molecule has 0 rings (SSSR count). The maximum absolute atomic E-state index is 8.16. The quantitative estimate of drug-likeness (QED) is 0.442. The minimum Gasteiger partial charge on any atom is -0.193 e. The van der Waals surface area contributed by atoms with Crippen LogP contribution in [0, 0.1) is 34.0 Å². The van der Waals surface area contributed by atoms with Crippen LogP contribution < -0.4 is 0 Å². The molecule has 3 heteroatoms. The van der Waals surface area contributed by atoms with Gasteiger partial charge in [0.1, 0.15) is 17.7 Å². The fourth-order valence-corrected chi connectivity index (χ4v) is 0.249. The molecule has 0 aromatic rings. The lowest BCUT2D eigenvalue weighted by Gasteiger charge is -1.78. The Morgan fingerprint density at radius 3 is 1.56 bits per heavy atom.